The fraction of sp³-hybridized carbons (Fsp3) is 0.552. The molecule has 210 valence electrons. The minimum Gasteiger partial charge on any atom is -0.374 e. The van der Waals surface area contributed by atoms with Gasteiger partial charge < -0.3 is 28.8 Å². The van der Waals surface area contributed by atoms with Crippen LogP contribution in [0.5, 0.6) is 0 Å². The second-order valence-electron chi connectivity index (χ2n) is 9.28. The van der Waals surface area contributed by atoms with Crippen LogP contribution in [0.3, 0.4) is 0 Å². The molecule has 1 aliphatic rings. The summed E-state index contributed by atoms with van der Waals surface area (Å²) < 4.78 is 17.7. The molecule has 0 saturated carbocycles. The van der Waals surface area contributed by atoms with Crippen LogP contribution in [0.15, 0.2) is 52.3 Å². The van der Waals surface area contributed by atoms with Crippen LogP contribution in [0.1, 0.15) is 65.4 Å². The van der Waals surface area contributed by atoms with Gasteiger partial charge in [0, 0.05) is 55.3 Å². The number of anilines is 2. The summed E-state index contributed by atoms with van der Waals surface area (Å²) in [6.45, 7) is 11.8. The van der Waals surface area contributed by atoms with E-state index < -0.39 is 8.80 Å². The van der Waals surface area contributed by atoms with Crippen molar-refractivity contribution in [1.82, 2.24) is 10.6 Å². The van der Waals surface area contributed by atoms with Gasteiger partial charge in [0.05, 0.1) is 11.4 Å². The fourth-order valence-electron chi connectivity index (χ4n) is 4.68. The second-order valence-corrected chi connectivity index (χ2v) is 13.1. The summed E-state index contributed by atoms with van der Waals surface area (Å²) in [4.78, 5) is 17.5. The van der Waals surface area contributed by atoms with E-state index in [1.807, 2.05) is 32.5 Å². The molecule has 0 radical (unpaired) electrons. The summed E-state index contributed by atoms with van der Waals surface area (Å²) in [6.07, 6.45) is 5.68. The van der Waals surface area contributed by atoms with Crippen molar-refractivity contribution >= 4 is 38.0 Å². The molecule has 0 unspecified atom stereocenters. The SMILES string of the molecule is CCCCCCN1c2ccccc2Sc2cc(CNC(=O)NCCC[Si](OCC)(OCC)OCC)ccc21. The molecule has 38 heavy (non-hydrogen) atoms. The molecule has 7 nitrogen and oxygen atoms in total. The quantitative estimate of drug-likeness (QED) is 0.159. The van der Waals surface area contributed by atoms with Gasteiger partial charge in [-0.3, -0.25) is 0 Å². The summed E-state index contributed by atoms with van der Waals surface area (Å²) in [5.74, 6) is 0. The molecule has 2 aromatic rings. The molecule has 2 N–H and O–H groups in total. The van der Waals surface area contributed by atoms with E-state index in [1.54, 1.807) is 0 Å². The summed E-state index contributed by atoms with van der Waals surface area (Å²) >= 11 is 1.81. The predicted molar refractivity (Wildman–Crippen MR) is 158 cm³/mol. The number of urea groups is 1. The van der Waals surface area contributed by atoms with Gasteiger partial charge in [-0.05, 0) is 63.4 Å². The number of carbonyl (C=O) groups is 1. The number of unbranched alkanes of at least 4 members (excludes halogenated alkanes) is 3. The predicted octanol–water partition coefficient (Wildman–Crippen LogP) is 7.11. The lowest BCUT2D eigenvalue weighted by atomic mass is 10.1. The summed E-state index contributed by atoms with van der Waals surface area (Å²) in [5.41, 5.74) is 3.63. The number of amides is 2. The molecule has 9 heteroatoms. The molecule has 1 heterocycles. The van der Waals surface area contributed by atoms with Crippen molar-refractivity contribution in [3.63, 3.8) is 0 Å². The van der Waals surface area contributed by atoms with Gasteiger partial charge in [-0.2, -0.15) is 0 Å². The van der Waals surface area contributed by atoms with Gasteiger partial charge in [0.15, 0.2) is 0 Å². The van der Waals surface area contributed by atoms with Crippen molar-refractivity contribution in [1.29, 1.82) is 0 Å². The first-order valence-electron chi connectivity index (χ1n) is 14.2. The number of para-hydroxylation sites is 1. The first kappa shape index (κ1) is 30.5. The van der Waals surface area contributed by atoms with E-state index in [0.717, 1.165) is 18.5 Å². The number of nitrogens with one attached hydrogen (secondary N) is 2. The van der Waals surface area contributed by atoms with Crippen molar-refractivity contribution in [2.75, 3.05) is 37.8 Å². The highest BCUT2D eigenvalue weighted by Crippen LogP contribution is 2.48. The van der Waals surface area contributed by atoms with Gasteiger partial charge in [0.1, 0.15) is 0 Å². The third-order valence-electron chi connectivity index (χ3n) is 6.42. The van der Waals surface area contributed by atoms with Gasteiger partial charge in [0.25, 0.3) is 0 Å². The zero-order chi connectivity index (χ0) is 27.2. The molecule has 0 saturated heterocycles. The largest absolute Gasteiger partial charge is 0.500 e. The minimum absolute atomic E-state index is 0.172. The van der Waals surface area contributed by atoms with E-state index in [4.69, 9.17) is 13.3 Å². The van der Waals surface area contributed by atoms with Crippen LogP contribution in [-0.4, -0.2) is 47.7 Å². The van der Waals surface area contributed by atoms with Crippen LogP contribution in [0, 0.1) is 0 Å². The number of rotatable bonds is 17. The standard InChI is InChI=1S/C29H45N3O4SSi/c1-5-9-10-13-20-32-25-15-11-12-16-27(25)37-28-22-24(17-18-26(28)32)23-31-29(33)30-19-14-21-38(34-6-2,35-7-3)36-8-4/h11-12,15-18,22H,5-10,13-14,19-21,23H2,1-4H3,(H2,30,31,33). The van der Waals surface area contributed by atoms with Gasteiger partial charge in [0.2, 0.25) is 0 Å². The Kier molecular flexibility index (Phi) is 13.0. The Hall–Kier alpha value is -2.04. The average molecular weight is 560 g/mol. The fourth-order valence-corrected chi connectivity index (χ4v) is 8.45. The highest BCUT2D eigenvalue weighted by molar-refractivity contribution is 7.99. The van der Waals surface area contributed by atoms with Gasteiger partial charge in [-0.15, -0.1) is 0 Å². The van der Waals surface area contributed by atoms with Crippen molar-refractivity contribution in [3.8, 4) is 0 Å². The van der Waals surface area contributed by atoms with Crippen LogP contribution in [0.2, 0.25) is 6.04 Å². The Bertz CT molecular complexity index is 993. The lowest BCUT2D eigenvalue weighted by Crippen LogP contribution is -2.46. The van der Waals surface area contributed by atoms with E-state index in [9.17, 15) is 4.79 Å². The Labute approximate surface area is 234 Å². The highest BCUT2D eigenvalue weighted by Gasteiger charge is 2.39. The normalized spacial score (nSPS) is 12.7. The first-order chi connectivity index (χ1) is 18.6. The van der Waals surface area contributed by atoms with E-state index >= 15 is 0 Å². The third kappa shape index (κ3) is 8.74. The molecular weight excluding hydrogens is 514 g/mol. The van der Waals surface area contributed by atoms with E-state index in [2.05, 4.69) is 64.9 Å². The number of benzene rings is 2. The number of hydrogen-bond acceptors (Lipinski definition) is 6. The number of nitrogens with zero attached hydrogens (tertiary/aromatic N) is 1. The van der Waals surface area contributed by atoms with Crippen LogP contribution in [-0.2, 0) is 19.8 Å². The Balaban J connectivity index is 1.53. The summed E-state index contributed by atoms with van der Waals surface area (Å²) in [7, 11) is -2.67. The van der Waals surface area contributed by atoms with Gasteiger partial charge in [-0.25, -0.2) is 4.79 Å². The van der Waals surface area contributed by atoms with Crippen molar-refractivity contribution in [3.05, 3.63) is 48.0 Å². The first-order valence-corrected chi connectivity index (χ1v) is 16.9. The Morgan fingerprint density at radius 2 is 1.55 bits per heavy atom. The maximum Gasteiger partial charge on any atom is 0.500 e. The lowest BCUT2D eigenvalue weighted by Gasteiger charge is -2.33. The zero-order valence-electron chi connectivity index (χ0n) is 23.5. The third-order valence-corrected chi connectivity index (χ3v) is 10.7. The van der Waals surface area contributed by atoms with E-state index in [0.29, 0.717) is 39.0 Å². The Morgan fingerprint density at radius 1 is 0.842 bits per heavy atom. The Morgan fingerprint density at radius 3 is 2.26 bits per heavy atom. The van der Waals surface area contributed by atoms with Crippen molar-refractivity contribution in [2.45, 2.75) is 82.2 Å². The second kappa shape index (κ2) is 16.2. The minimum atomic E-state index is -2.67. The van der Waals surface area contributed by atoms with Gasteiger partial charge in [-0.1, -0.05) is 56.1 Å². The zero-order valence-corrected chi connectivity index (χ0v) is 25.3. The van der Waals surface area contributed by atoms with Crippen LogP contribution in [0.4, 0.5) is 16.2 Å². The molecular formula is C29H45N3O4SSi. The summed E-state index contributed by atoms with van der Waals surface area (Å²) in [6, 6.07) is 15.7. The number of carbonyl (C=O) groups excluding carboxylic acids is 1. The molecule has 3 rings (SSSR count). The molecule has 0 aromatic heterocycles. The molecule has 2 amide bonds. The van der Waals surface area contributed by atoms with E-state index in [1.165, 1.54) is 46.8 Å². The number of hydrogen-bond donors (Lipinski definition) is 2. The van der Waals surface area contributed by atoms with Gasteiger partial charge >= 0.3 is 14.8 Å². The van der Waals surface area contributed by atoms with E-state index in [-0.39, 0.29) is 6.03 Å². The van der Waals surface area contributed by atoms with Crippen molar-refractivity contribution < 1.29 is 18.1 Å². The molecule has 0 aliphatic carbocycles. The number of fused-ring (bicyclic) bond motifs is 2. The lowest BCUT2D eigenvalue weighted by molar-refractivity contribution is 0.0708. The molecule has 0 atom stereocenters. The molecule has 0 fully saturated rings. The monoisotopic (exact) mass is 559 g/mol. The topological polar surface area (TPSA) is 72.1 Å². The van der Waals surface area contributed by atoms with Crippen LogP contribution in [0.25, 0.3) is 0 Å². The van der Waals surface area contributed by atoms with Crippen LogP contribution < -0.4 is 15.5 Å². The van der Waals surface area contributed by atoms with Crippen molar-refractivity contribution in [2.24, 2.45) is 0 Å². The molecule has 1 aliphatic heterocycles. The van der Waals surface area contributed by atoms with Crippen LogP contribution >= 0.6 is 11.8 Å². The molecule has 0 bridgehead atoms. The average Bonchev–Trinajstić information content (AvgIpc) is 2.92. The molecule has 0 spiro atoms. The maximum absolute atomic E-state index is 12.5. The highest BCUT2D eigenvalue weighted by atomic mass is 32.2. The molecule has 2 aromatic carbocycles. The smallest absolute Gasteiger partial charge is 0.374 e. The maximum atomic E-state index is 12.5. The summed E-state index contributed by atoms with van der Waals surface area (Å²) in [5, 5.41) is 5.96.